The van der Waals surface area contributed by atoms with Gasteiger partial charge in [0, 0.05) is 33.4 Å². The van der Waals surface area contributed by atoms with Crippen LogP contribution in [-0.4, -0.2) is 39.6 Å². The molecule has 0 saturated heterocycles. The third kappa shape index (κ3) is 16.6. The third-order valence-electron chi connectivity index (χ3n) is 12.1. The van der Waals surface area contributed by atoms with Crippen molar-refractivity contribution in [3.63, 3.8) is 0 Å². The first-order chi connectivity index (χ1) is 29.8. The van der Waals surface area contributed by atoms with Crippen molar-refractivity contribution in [2.45, 2.75) is 122 Å². The van der Waals surface area contributed by atoms with Gasteiger partial charge in [0.25, 0.3) is 0 Å². The lowest BCUT2D eigenvalue weighted by molar-refractivity contribution is 0.249. The van der Waals surface area contributed by atoms with Gasteiger partial charge in [-0.05, 0) is 71.9 Å². The second kappa shape index (κ2) is 27.5. The maximum Gasteiger partial charge on any atom is 0.127 e. The highest BCUT2D eigenvalue weighted by Gasteiger charge is 2.17. The number of benzene rings is 3. The van der Waals surface area contributed by atoms with Gasteiger partial charge in [0.15, 0.2) is 0 Å². The normalized spacial score (nSPS) is 14.5. The molecule has 6 nitrogen and oxygen atoms in total. The monoisotopic (exact) mass is 851 g/mol. The standard InChI is InChI=1S/C56H82O6/c1-15-39(9)33-57-51-29-47(53(27-45(51)21-7)59-35-41(11)17-3)23-25-49-31-56(62-38-44(14)20-6)50(32-55(49)61-37-43(13)19-5)26-24-48-30-52(58-34-40(10)16-2)46(22-8)28-54(48)60-36-42(12)18-4/h21-32,39-44H,7-8,15-20,33-38H2,1-6,9-14H3/b25-23+,26-24+/t39-,40-,41-,42-,43-,44-/m0/s1. The van der Waals surface area contributed by atoms with E-state index < -0.39 is 0 Å². The highest BCUT2D eigenvalue weighted by molar-refractivity contribution is 5.82. The SMILES string of the molecule is C=Cc1cc(OC[C@@H](C)CC)c(/C=C/c2cc(OC[C@@H](C)CC)c(/C=C/c3cc(OC[C@@H](C)CC)c(C=C)cc3OC[C@@H](C)CC)cc2OC[C@@H](C)CC)cc1OC[C@@H](C)CC. The fraction of sp³-hybridized carbons (Fsp3) is 0.536. The molecule has 6 heteroatoms. The summed E-state index contributed by atoms with van der Waals surface area (Å²) >= 11 is 0. The van der Waals surface area contributed by atoms with E-state index in [1.54, 1.807) is 0 Å². The van der Waals surface area contributed by atoms with Gasteiger partial charge >= 0.3 is 0 Å². The van der Waals surface area contributed by atoms with E-state index >= 15 is 0 Å². The van der Waals surface area contributed by atoms with Gasteiger partial charge in [0.05, 0.1) is 39.6 Å². The van der Waals surface area contributed by atoms with Crippen LogP contribution in [0.1, 0.15) is 155 Å². The van der Waals surface area contributed by atoms with Crippen molar-refractivity contribution >= 4 is 36.5 Å². The first-order valence-corrected chi connectivity index (χ1v) is 23.7. The van der Waals surface area contributed by atoms with Gasteiger partial charge in [-0.1, -0.05) is 171 Å². The summed E-state index contributed by atoms with van der Waals surface area (Å²) in [5, 5.41) is 0. The van der Waals surface area contributed by atoms with Crippen molar-refractivity contribution < 1.29 is 28.4 Å². The van der Waals surface area contributed by atoms with E-state index in [-0.39, 0.29) is 0 Å². The molecule has 0 spiro atoms. The summed E-state index contributed by atoms with van der Waals surface area (Å²) < 4.78 is 39.2. The quantitative estimate of drug-likeness (QED) is 0.0623. The molecular formula is C56H82O6. The minimum Gasteiger partial charge on any atom is -0.493 e. The summed E-state index contributed by atoms with van der Waals surface area (Å²) in [5.41, 5.74) is 5.52. The zero-order chi connectivity index (χ0) is 45.6. The second-order valence-corrected chi connectivity index (χ2v) is 17.8. The Hall–Kier alpha value is -4.58. The van der Waals surface area contributed by atoms with Crippen LogP contribution >= 0.6 is 0 Å². The smallest absolute Gasteiger partial charge is 0.127 e. The largest absolute Gasteiger partial charge is 0.493 e. The van der Waals surface area contributed by atoms with E-state index in [1.807, 2.05) is 12.2 Å². The lowest BCUT2D eigenvalue weighted by Crippen LogP contribution is -2.10. The predicted molar refractivity (Wildman–Crippen MR) is 267 cm³/mol. The summed E-state index contributed by atoms with van der Waals surface area (Å²) in [4.78, 5) is 0. The van der Waals surface area contributed by atoms with Crippen molar-refractivity contribution in [1.82, 2.24) is 0 Å². The van der Waals surface area contributed by atoms with Gasteiger partial charge in [0.1, 0.15) is 34.5 Å². The first kappa shape index (κ1) is 51.8. The molecule has 3 rings (SSSR count). The average Bonchev–Trinajstić information content (AvgIpc) is 3.30. The molecule has 0 aliphatic carbocycles. The number of hydrogen-bond acceptors (Lipinski definition) is 6. The van der Waals surface area contributed by atoms with Crippen LogP contribution in [0.5, 0.6) is 34.5 Å². The Morgan fingerprint density at radius 1 is 0.323 bits per heavy atom. The van der Waals surface area contributed by atoms with Gasteiger partial charge in [-0.3, -0.25) is 0 Å². The third-order valence-corrected chi connectivity index (χ3v) is 12.1. The molecule has 0 N–H and O–H groups in total. The highest BCUT2D eigenvalue weighted by Crippen LogP contribution is 2.38. The summed E-state index contributed by atoms with van der Waals surface area (Å²) in [7, 11) is 0. The number of ether oxygens (including phenoxy) is 6. The molecule has 0 amide bonds. The average molecular weight is 851 g/mol. The Morgan fingerprint density at radius 2 is 0.484 bits per heavy atom. The van der Waals surface area contributed by atoms with E-state index in [4.69, 9.17) is 28.4 Å². The van der Waals surface area contributed by atoms with E-state index in [0.29, 0.717) is 75.1 Å². The number of hydrogen-bond donors (Lipinski definition) is 0. The first-order valence-electron chi connectivity index (χ1n) is 23.7. The Morgan fingerprint density at radius 3 is 0.645 bits per heavy atom. The Kier molecular flexibility index (Phi) is 22.9. The summed E-state index contributed by atoms with van der Waals surface area (Å²) in [6.07, 6.45) is 18.3. The lowest BCUT2D eigenvalue weighted by atomic mass is 10.0. The molecule has 3 aromatic carbocycles. The van der Waals surface area contributed by atoms with Crippen molar-refractivity contribution in [2.24, 2.45) is 35.5 Å². The van der Waals surface area contributed by atoms with Crippen LogP contribution in [-0.2, 0) is 0 Å². The topological polar surface area (TPSA) is 55.4 Å². The molecule has 0 radical (unpaired) electrons. The Balaban J connectivity index is 2.26. The van der Waals surface area contributed by atoms with E-state index in [2.05, 4.69) is 157 Å². The highest BCUT2D eigenvalue weighted by atomic mass is 16.5. The predicted octanol–water partition coefficient (Wildman–Crippen LogP) is 15.9. The van der Waals surface area contributed by atoms with Crippen LogP contribution < -0.4 is 28.4 Å². The van der Waals surface area contributed by atoms with Crippen LogP contribution in [0.2, 0.25) is 0 Å². The molecule has 6 atom stereocenters. The van der Waals surface area contributed by atoms with Crippen molar-refractivity contribution in [3.8, 4) is 34.5 Å². The summed E-state index contributed by atoms with van der Waals surface area (Å²) in [6, 6.07) is 12.5. The second-order valence-electron chi connectivity index (χ2n) is 17.8. The molecular weight excluding hydrogens is 769 g/mol. The van der Waals surface area contributed by atoms with Crippen molar-refractivity contribution in [3.05, 3.63) is 82.9 Å². The minimum atomic E-state index is 0.381. The Labute approximate surface area is 377 Å². The van der Waals surface area contributed by atoms with Crippen LogP contribution in [0.4, 0.5) is 0 Å². The maximum atomic E-state index is 6.68. The lowest BCUT2D eigenvalue weighted by Gasteiger charge is -2.19. The van der Waals surface area contributed by atoms with Crippen molar-refractivity contribution in [1.29, 1.82) is 0 Å². The molecule has 0 aromatic heterocycles. The zero-order valence-electron chi connectivity index (χ0n) is 40.7. The molecule has 342 valence electrons. The van der Waals surface area contributed by atoms with Gasteiger partial charge in [-0.2, -0.15) is 0 Å². The molecule has 0 heterocycles. The molecule has 0 aliphatic rings. The Bertz CT molecular complexity index is 1740. The molecule has 0 unspecified atom stereocenters. The van der Waals surface area contributed by atoms with E-state index in [9.17, 15) is 0 Å². The fourth-order valence-electron chi connectivity index (χ4n) is 5.82. The van der Waals surface area contributed by atoms with E-state index in [0.717, 1.165) is 106 Å². The van der Waals surface area contributed by atoms with Crippen LogP contribution in [0.3, 0.4) is 0 Å². The molecule has 3 aromatic rings. The molecule has 0 fully saturated rings. The molecule has 0 bridgehead atoms. The maximum absolute atomic E-state index is 6.68. The minimum absolute atomic E-state index is 0.381. The zero-order valence-corrected chi connectivity index (χ0v) is 40.7. The molecule has 0 aliphatic heterocycles. The van der Waals surface area contributed by atoms with Crippen LogP contribution in [0, 0.1) is 35.5 Å². The van der Waals surface area contributed by atoms with E-state index in [1.165, 1.54) is 0 Å². The van der Waals surface area contributed by atoms with Gasteiger partial charge in [0.2, 0.25) is 0 Å². The molecule has 62 heavy (non-hydrogen) atoms. The van der Waals surface area contributed by atoms with Gasteiger partial charge in [-0.25, -0.2) is 0 Å². The van der Waals surface area contributed by atoms with Crippen molar-refractivity contribution in [2.75, 3.05) is 39.6 Å². The summed E-state index contributed by atoms with van der Waals surface area (Å²) in [6.45, 7) is 38.3. The summed E-state index contributed by atoms with van der Waals surface area (Å²) in [5.74, 6) is 7.20. The fourth-order valence-corrected chi connectivity index (χ4v) is 5.82. The van der Waals surface area contributed by atoms with Gasteiger partial charge < -0.3 is 28.4 Å². The van der Waals surface area contributed by atoms with Gasteiger partial charge in [-0.15, -0.1) is 0 Å². The van der Waals surface area contributed by atoms with Crippen LogP contribution in [0.25, 0.3) is 36.5 Å². The molecule has 0 saturated carbocycles. The number of rotatable bonds is 30. The van der Waals surface area contributed by atoms with Crippen LogP contribution in [0.15, 0.2) is 49.6 Å².